The second-order valence-electron chi connectivity index (χ2n) is 7.08. The van der Waals surface area contributed by atoms with E-state index < -0.39 is 11.7 Å². The van der Waals surface area contributed by atoms with Crippen LogP contribution in [0.3, 0.4) is 0 Å². The summed E-state index contributed by atoms with van der Waals surface area (Å²) in [7, 11) is 0. The van der Waals surface area contributed by atoms with Crippen LogP contribution >= 0.6 is 11.3 Å². The first-order chi connectivity index (χ1) is 16.5. The maximum atomic E-state index is 13.0. The molecule has 10 heteroatoms. The van der Waals surface area contributed by atoms with Gasteiger partial charge in [0.1, 0.15) is 24.0 Å². The van der Waals surface area contributed by atoms with Crippen LogP contribution in [0.2, 0.25) is 0 Å². The fourth-order valence-electron chi connectivity index (χ4n) is 2.86. The van der Waals surface area contributed by atoms with Crippen molar-refractivity contribution in [3.8, 4) is 5.75 Å². The number of halogens is 2. The van der Waals surface area contributed by atoms with Crippen LogP contribution in [0.15, 0.2) is 72.8 Å². The highest BCUT2D eigenvalue weighted by molar-refractivity contribution is 7.13. The van der Waals surface area contributed by atoms with Crippen molar-refractivity contribution in [1.82, 2.24) is 15.5 Å². The Morgan fingerprint density at radius 1 is 0.824 bits per heavy atom. The summed E-state index contributed by atoms with van der Waals surface area (Å²) in [4.78, 5) is 24.5. The molecule has 0 radical (unpaired) electrons. The fraction of sp³-hybridized carbons (Fsp3) is 0.0833. The molecule has 0 spiro atoms. The van der Waals surface area contributed by atoms with Gasteiger partial charge in [0.2, 0.25) is 5.01 Å². The minimum Gasteiger partial charge on any atom is -0.486 e. The highest BCUT2D eigenvalue weighted by Gasteiger charge is 2.14. The van der Waals surface area contributed by atoms with E-state index in [1.807, 2.05) is 0 Å². The third-order valence-corrected chi connectivity index (χ3v) is 5.50. The number of aromatic nitrogens is 2. The van der Waals surface area contributed by atoms with Crippen molar-refractivity contribution in [2.24, 2.45) is 0 Å². The molecule has 2 amide bonds. The number of rotatable bonds is 8. The zero-order valence-electron chi connectivity index (χ0n) is 17.6. The minimum absolute atomic E-state index is 0.0948. The Morgan fingerprint density at radius 2 is 1.47 bits per heavy atom. The molecule has 0 bridgehead atoms. The van der Waals surface area contributed by atoms with E-state index in [1.165, 1.54) is 36.4 Å². The minimum atomic E-state index is -0.452. The molecule has 4 rings (SSSR count). The predicted molar refractivity (Wildman–Crippen MR) is 123 cm³/mol. The molecule has 4 aromatic rings. The van der Waals surface area contributed by atoms with E-state index in [-0.39, 0.29) is 29.9 Å². The second-order valence-corrected chi connectivity index (χ2v) is 8.15. The lowest BCUT2D eigenvalue weighted by atomic mass is 10.2. The lowest BCUT2D eigenvalue weighted by Gasteiger charge is -2.07. The van der Waals surface area contributed by atoms with Gasteiger partial charge in [0, 0.05) is 17.8 Å². The zero-order chi connectivity index (χ0) is 23.9. The van der Waals surface area contributed by atoms with E-state index in [4.69, 9.17) is 4.74 Å². The number of hydrogen-bond donors (Lipinski definition) is 2. The Balaban J connectivity index is 1.26. The average Bonchev–Trinajstić information content (AvgIpc) is 3.33. The van der Waals surface area contributed by atoms with Crippen molar-refractivity contribution < 1.29 is 23.1 Å². The van der Waals surface area contributed by atoms with E-state index >= 15 is 0 Å². The number of hydrogen-bond acceptors (Lipinski definition) is 6. The molecule has 1 aromatic heterocycles. The molecule has 0 atom stereocenters. The second kappa shape index (κ2) is 10.6. The number of carbonyl (C=O) groups excluding carboxylic acids is 2. The molecule has 1 heterocycles. The standard InChI is InChI=1S/C24H18F2N4O3S/c25-17-5-1-15(2-6-17)13-27-22(31)16-3-11-20(12-4-16)33-14-21-29-30-24(34-21)23(32)28-19-9-7-18(26)8-10-19/h1-12H,13-14H2,(H,27,31)(H,28,32). The van der Waals surface area contributed by atoms with Gasteiger partial charge in [-0.2, -0.15) is 0 Å². The average molecular weight is 480 g/mol. The van der Waals surface area contributed by atoms with Gasteiger partial charge >= 0.3 is 0 Å². The molecule has 0 saturated carbocycles. The van der Waals surface area contributed by atoms with Crippen LogP contribution in [0.4, 0.5) is 14.5 Å². The van der Waals surface area contributed by atoms with Crippen molar-refractivity contribution >= 4 is 28.8 Å². The maximum Gasteiger partial charge on any atom is 0.286 e. The van der Waals surface area contributed by atoms with Crippen LogP contribution in [-0.4, -0.2) is 22.0 Å². The first kappa shape index (κ1) is 23.0. The summed E-state index contributed by atoms with van der Waals surface area (Å²) in [5.74, 6) is -0.929. The van der Waals surface area contributed by atoms with E-state index in [0.29, 0.717) is 22.0 Å². The van der Waals surface area contributed by atoms with Crippen molar-refractivity contribution in [3.05, 3.63) is 106 Å². The van der Waals surface area contributed by atoms with Crippen molar-refractivity contribution in [1.29, 1.82) is 0 Å². The quantitative estimate of drug-likeness (QED) is 0.385. The Morgan fingerprint density at radius 3 is 2.15 bits per heavy atom. The first-order valence-corrected chi connectivity index (χ1v) is 10.9. The lowest BCUT2D eigenvalue weighted by Crippen LogP contribution is -2.22. The molecule has 0 saturated heterocycles. The SMILES string of the molecule is O=C(NCc1ccc(F)cc1)c1ccc(OCc2nnc(C(=O)Nc3ccc(F)cc3)s2)cc1. The summed E-state index contributed by atoms with van der Waals surface area (Å²) in [6.45, 7) is 0.378. The van der Waals surface area contributed by atoms with Gasteiger partial charge in [-0.25, -0.2) is 8.78 Å². The third-order valence-electron chi connectivity index (χ3n) is 4.61. The number of amides is 2. The van der Waals surface area contributed by atoms with Crippen LogP contribution in [0.5, 0.6) is 5.75 Å². The summed E-state index contributed by atoms with van der Waals surface area (Å²) < 4.78 is 31.6. The van der Waals surface area contributed by atoms with Gasteiger partial charge in [0.05, 0.1) is 0 Å². The zero-order valence-corrected chi connectivity index (χ0v) is 18.4. The summed E-state index contributed by atoms with van der Waals surface area (Å²) in [6.07, 6.45) is 0. The van der Waals surface area contributed by atoms with Crippen LogP contribution in [0, 0.1) is 11.6 Å². The van der Waals surface area contributed by atoms with Crippen LogP contribution in [0.1, 0.15) is 30.7 Å². The lowest BCUT2D eigenvalue weighted by molar-refractivity contribution is 0.0950. The third kappa shape index (κ3) is 6.20. The van der Waals surface area contributed by atoms with Crippen LogP contribution in [0.25, 0.3) is 0 Å². The number of benzene rings is 3. The molecule has 0 unspecified atom stereocenters. The fourth-order valence-corrected chi connectivity index (χ4v) is 3.50. The molecule has 0 aliphatic rings. The predicted octanol–water partition coefficient (Wildman–Crippen LogP) is 4.58. The summed E-state index contributed by atoms with van der Waals surface area (Å²) in [6, 6.07) is 17.8. The smallest absolute Gasteiger partial charge is 0.286 e. The van der Waals surface area contributed by atoms with Gasteiger partial charge in [-0.05, 0) is 66.2 Å². The van der Waals surface area contributed by atoms with E-state index in [2.05, 4.69) is 20.8 Å². The molecule has 2 N–H and O–H groups in total. The van der Waals surface area contributed by atoms with E-state index in [0.717, 1.165) is 16.9 Å². The monoisotopic (exact) mass is 480 g/mol. The van der Waals surface area contributed by atoms with Gasteiger partial charge in [-0.1, -0.05) is 23.5 Å². The Labute approximate surface area is 197 Å². The largest absolute Gasteiger partial charge is 0.486 e. The molecule has 7 nitrogen and oxygen atoms in total. The molecule has 0 aliphatic heterocycles. The number of nitrogens with zero attached hydrogens (tertiary/aromatic N) is 2. The van der Waals surface area contributed by atoms with Gasteiger partial charge in [-0.15, -0.1) is 10.2 Å². The number of ether oxygens (including phenoxy) is 1. The van der Waals surface area contributed by atoms with Crippen LogP contribution < -0.4 is 15.4 Å². The molecule has 0 aliphatic carbocycles. The van der Waals surface area contributed by atoms with Gasteiger partial charge in [-0.3, -0.25) is 9.59 Å². The van der Waals surface area contributed by atoms with E-state index in [1.54, 1.807) is 36.4 Å². The normalized spacial score (nSPS) is 10.5. The molecule has 172 valence electrons. The van der Waals surface area contributed by atoms with Crippen molar-refractivity contribution in [3.63, 3.8) is 0 Å². The highest BCUT2D eigenvalue weighted by atomic mass is 32.1. The number of nitrogens with one attached hydrogen (secondary N) is 2. The summed E-state index contributed by atoms with van der Waals surface area (Å²) in [5, 5.41) is 13.8. The summed E-state index contributed by atoms with van der Waals surface area (Å²) in [5.41, 5.74) is 1.68. The molecular weight excluding hydrogens is 462 g/mol. The van der Waals surface area contributed by atoms with E-state index in [9.17, 15) is 18.4 Å². The Bertz CT molecular complexity index is 1280. The number of anilines is 1. The van der Waals surface area contributed by atoms with Gasteiger partial charge < -0.3 is 15.4 Å². The van der Waals surface area contributed by atoms with Crippen molar-refractivity contribution in [2.45, 2.75) is 13.2 Å². The summed E-state index contributed by atoms with van der Waals surface area (Å²) >= 11 is 1.08. The molecule has 3 aromatic carbocycles. The molecule has 34 heavy (non-hydrogen) atoms. The topological polar surface area (TPSA) is 93.2 Å². The first-order valence-electron chi connectivity index (χ1n) is 10.1. The molecular formula is C24H18F2N4O3S. The Hall–Kier alpha value is -4.18. The number of carbonyl (C=O) groups is 2. The Kier molecular flexibility index (Phi) is 7.19. The van der Waals surface area contributed by atoms with Gasteiger partial charge in [0.15, 0.2) is 5.01 Å². The van der Waals surface area contributed by atoms with Gasteiger partial charge in [0.25, 0.3) is 11.8 Å². The molecule has 0 fully saturated rings. The maximum absolute atomic E-state index is 13.0. The highest BCUT2D eigenvalue weighted by Crippen LogP contribution is 2.18. The van der Waals surface area contributed by atoms with Crippen molar-refractivity contribution in [2.75, 3.05) is 5.32 Å². The van der Waals surface area contributed by atoms with Crippen LogP contribution in [-0.2, 0) is 13.2 Å².